The summed E-state index contributed by atoms with van der Waals surface area (Å²) in [6.07, 6.45) is 6.12. The van der Waals surface area contributed by atoms with E-state index in [9.17, 15) is 4.79 Å². The minimum atomic E-state index is 0.0997. The molecule has 1 atom stereocenters. The summed E-state index contributed by atoms with van der Waals surface area (Å²) in [5.41, 5.74) is 4.70. The number of carbonyl (C=O) groups is 1. The van der Waals surface area contributed by atoms with Crippen LogP contribution in [0.25, 0.3) is 21.8 Å². The maximum absolute atomic E-state index is 12.3. The summed E-state index contributed by atoms with van der Waals surface area (Å²) in [5, 5.41) is 5.56. The smallest absolute Gasteiger partial charge is 0.220 e. The molecule has 132 valence electrons. The number of aryl methyl sites for hydroxylation is 1. The summed E-state index contributed by atoms with van der Waals surface area (Å²) in [5.74, 6) is 0.0997. The van der Waals surface area contributed by atoms with Crippen LogP contribution in [0.1, 0.15) is 24.5 Å². The molecular formula is C22H23N3O. The highest BCUT2D eigenvalue weighted by atomic mass is 16.1. The zero-order valence-electron chi connectivity index (χ0n) is 14.9. The van der Waals surface area contributed by atoms with Gasteiger partial charge in [0, 0.05) is 46.7 Å². The maximum Gasteiger partial charge on any atom is 0.220 e. The van der Waals surface area contributed by atoms with Crippen molar-refractivity contribution in [1.82, 2.24) is 15.3 Å². The van der Waals surface area contributed by atoms with Crippen molar-refractivity contribution in [2.75, 3.05) is 0 Å². The molecule has 2 aromatic heterocycles. The summed E-state index contributed by atoms with van der Waals surface area (Å²) in [4.78, 5) is 18.9. The number of benzene rings is 2. The van der Waals surface area contributed by atoms with Gasteiger partial charge in [0.25, 0.3) is 0 Å². The number of carbonyl (C=O) groups excluding carboxylic acids is 1. The molecule has 0 fully saturated rings. The van der Waals surface area contributed by atoms with E-state index in [1.165, 1.54) is 21.9 Å². The number of aromatic amines is 2. The molecule has 0 radical (unpaired) electrons. The number of H-pyrrole nitrogens is 2. The summed E-state index contributed by atoms with van der Waals surface area (Å²) >= 11 is 0. The topological polar surface area (TPSA) is 60.7 Å². The van der Waals surface area contributed by atoms with Crippen LogP contribution in [0.2, 0.25) is 0 Å². The molecule has 1 amide bonds. The molecule has 0 aliphatic heterocycles. The minimum absolute atomic E-state index is 0.0997. The fourth-order valence-electron chi connectivity index (χ4n) is 3.62. The summed E-state index contributed by atoms with van der Waals surface area (Å²) < 4.78 is 0. The second-order valence-electron chi connectivity index (χ2n) is 6.89. The fourth-order valence-corrected chi connectivity index (χ4v) is 3.62. The third kappa shape index (κ3) is 3.36. The number of hydrogen-bond donors (Lipinski definition) is 3. The third-order valence-corrected chi connectivity index (χ3v) is 4.90. The fraction of sp³-hybridized carbons (Fsp3) is 0.227. The van der Waals surface area contributed by atoms with Gasteiger partial charge in [0.2, 0.25) is 5.91 Å². The molecule has 2 heterocycles. The first-order valence-corrected chi connectivity index (χ1v) is 9.10. The summed E-state index contributed by atoms with van der Waals surface area (Å²) in [6, 6.07) is 16.6. The third-order valence-electron chi connectivity index (χ3n) is 4.90. The van der Waals surface area contributed by atoms with E-state index < -0.39 is 0 Å². The standard InChI is InChI=1S/C22H23N3O/c1-15(12-17-14-24-21-9-5-3-7-19(17)21)25-22(26)11-10-16-13-23-20-8-4-2-6-18(16)20/h2-9,13-15,23-24H,10-12H2,1H3,(H,25,26). The highest BCUT2D eigenvalue weighted by Crippen LogP contribution is 2.20. The molecule has 4 aromatic rings. The number of amides is 1. The molecule has 26 heavy (non-hydrogen) atoms. The number of para-hydroxylation sites is 2. The largest absolute Gasteiger partial charge is 0.361 e. The molecule has 4 rings (SSSR count). The number of nitrogens with one attached hydrogen (secondary N) is 3. The highest BCUT2D eigenvalue weighted by Gasteiger charge is 2.12. The lowest BCUT2D eigenvalue weighted by Crippen LogP contribution is -2.34. The molecule has 0 aliphatic carbocycles. The van der Waals surface area contributed by atoms with E-state index >= 15 is 0 Å². The molecule has 2 aromatic carbocycles. The minimum Gasteiger partial charge on any atom is -0.361 e. The predicted octanol–water partition coefficient (Wildman–Crippen LogP) is 4.33. The highest BCUT2D eigenvalue weighted by molar-refractivity contribution is 5.85. The van der Waals surface area contributed by atoms with E-state index in [0.717, 1.165) is 23.9 Å². The van der Waals surface area contributed by atoms with E-state index in [2.05, 4.69) is 46.5 Å². The second-order valence-corrected chi connectivity index (χ2v) is 6.89. The first kappa shape index (κ1) is 16.5. The Hall–Kier alpha value is -3.01. The molecule has 4 heteroatoms. The van der Waals surface area contributed by atoms with Crippen LogP contribution in [0.3, 0.4) is 0 Å². The molecule has 0 saturated heterocycles. The normalized spacial score (nSPS) is 12.5. The second kappa shape index (κ2) is 7.08. The van der Waals surface area contributed by atoms with Gasteiger partial charge in [-0.2, -0.15) is 0 Å². The van der Waals surface area contributed by atoms with Crippen molar-refractivity contribution in [3.05, 3.63) is 72.1 Å². The van der Waals surface area contributed by atoms with E-state index in [0.29, 0.717) is 6.42 Å². The SMILES string of the molecule is CC(Cc1c[nH]c2ccccc12)NC(=O)CCc1c[nH]c2ccccc12. The molecule has 0 spiro atoms. The first-order valence-electron chi connectivity index (χ1n) is 9.10. The Morgan fingerprint density at radius 2 is 1.50 bits per heavy atom. The average Bonchev–Trinajstić information content (AvgIpc) is 3.24. The van der Waals surface area contributed by atoms with Crippen LogP contribution >= 0.6 is 0 Å². The quantitative estimate of drug-likeness (QED) is 0.478. The monoisotopic (exact) mass is 345 g/mol. The van der Waals surface area contributed by atoms with Crippen molar-refractivity contribution in [2.45, 2.75) is 32.2 Å². The lowest BCUT2D eigenvalue weighted by Gasteiger charge is -2.13. The van der Waals surface area contributed by atoms with Crippen molar-refractivity contribution in [2.24, 2.45) is 0 Å². The summed E-state index contributed by atoms with van der Waals surface area (Å²) in [7, 11) is 0. The van der Waals surface area contributed by atoms with Gasteiger partial charge in [-0.1, -0.05) is 36.4 Å². The Labute approximate surface area is 152 Å². The number of aromatic nitrogens is 2. The van der Waals surface area contributed by atoms with Crippen molar-refractivity contribution in [3.63, 3.8) is 0 Å². The Bertz CT molecular complexity index is 1040. The van der Waals surface area contributed by atoms with Gasteiger partial charge >= 0.3 is 0 Å². The van der Waals surface area contributed by atoms with E-state index in [1.807, 2.05) is 36.7 Å². The lowest BCUT2D eigenvalue weighted by molar-refractivity contribution is -0.121. The van der Waals surface area contributed by atoms with E-state index in [1.54, 1.807) is 0 Å². The van der Waals surface area contributed by atoms with Crippen LogP contribution in [0, 0.1) is 0 Å². The van der Waals surface area contributed by atoms with Gasteiger partial charge in [-0.15, -0.1) is 0 Å². The van der Waals surface area contributed by atoms with Crippen molar-refractivity contribution >= 4 is 27.7 Å². The molecule has 0 saturated carbocycles. The Balaban J connectivity index is 1.34. The van der Waals surface area contributed by atoms with Crippen LogP contribution in [-0.4, -0.2) is 21.9 Å². The first-order chi connectivity index (χ1) is 12.7. The van der Waals surface area contributed by atoms with Gasteiger partial charge in [0.05, 0.1) is 0 Å². The van der Waals surface area contributed by atoms with E-state index in [4.69, 9.17) is 0 Å². The van der Waals surface area contributed by atoms with Crippen LogP contribution in [-0.2, 0) is 17.6 Å². The van der Waals surface area contributed by atoms with E-state index in [-0.39, 0.29) is 11.9 Å². The zero-order chi connectivity index (χ0) is 17.9. The molecule has 0 bridgehead atoms. The van der Waals surface area contributed by atoms with Gasteiger partial charge in [-0.3, -0.25) is 4.79 Å². The van der Waals surface area contributed by atoms with Gasteiger partial charge in [-0.05, 0) is 43.0 Å². The van der Waals surface area contributed by atoms with Crippen LogP contribution in [0.4, 0.5) is 0 Å². The zero-order valence-corrected chi connectivity index (χ0v) is 14.9. The number of fused-ring (bicyclic) bond motifs is 2. The average molecular weight is 345 g/mol. The Morgan fingerprint density at radius 1 is 0.923 bits per heavy atom. The maximum atomic E-state index is 12.3. The molecular weight excluding hydrogens is 322 g/mol. The van der Waals surface area contributed by atoms with Crippen LogP contribution in [0.15, 0.2) is 60.9 Å². The summed E-state index contributed by atoms with van der Waals surface area (Å²) in [6.45, 7) is 2.06. The van der Waals surface area contributed by atoms with Crippen molar-refractivity contribution in [3.8, 4) is 0 Å². The predicted molar refractivity (Wildman–Crippen MR) is 106 cm³/mol. The van der Waals surface area contributed by atoms with Gasteiger partial charge in [-0.25, -0.2) is 0 Å². The molecule has 1 unspecified atom stereocenters. The Morgan fingerprint density at radius 3 is 2.19 bits per heavy atom. The number of hydrogen-bond acceptors (Lipinski definition) is 1. The van der Waals surface area contributed by atoms with Crippen molar-refractivity contribution in [1.29, 1.82) is 0 Å². The Kier molecular flexibility index (Phi) is 4.48. The molecule has 4 nitrogen and oxygen atoms in total. The van der Waals surface area contributed by atoms with Crippen molar-refractivity contribution < 1.29 is 4.79 Å². The van der Waals surface area contributed by atoms with Crippen LogP contribution < -0.4 is 5.32 Å². The number of rotatable bonds is 6. The lowest BCUT2D eigenvalue weighted by atomic mass is 10.1. The van der Waals surface area contributed by atoms with Crippen LogP contribution in [0.5, 0.6) is 0 Å². The molecule has 3 N–H and O–H groups in total. The van der Waals surface area contributed by atoms with Gasteiger partial charge in [0.15, 0.2) is 0 Å². The van der Waals surface area contributed by atoms with Gasteiger partial charge in [0.1, 0.15) is 0 Å². The molecule has 0 aliphatic rings. The van der Waals surface area contributed by atoms with Gasteiger partial charge < -0.3 is 15.3 Å².